The summed E-state index contributed by atoms with van der Waals surface area (Å²) in [5, 5.41) is 7.24. The number of hydrogen-bond donors (Lipinski definition) is 0. The number of hydrogen-bond acceptors (Lipinski definition) is 6. The highest BCUT2D eigenvalue weighted by Crippen LogP contribution is 2.32. The van der Waals surface area contributed by atoms with Gasteiger partial charge in [0.15, 0.2) is 0 Å². The molecule has 2 saturated heterocycles. The number of rotatable bonds is 3. The lowest BCUT2D eigenvalue weighted by molar-refractivity contribution is -0.153. The molecule has 0 bridgehead atoms. The minimum atomic E-state index is -4.41. The van der Waals surface area contributed by atoms with E-state index < -0.39 is 30.6 Å². The third-order valence-corrected chi connectivity index (χ3v) is 4.45. The predicted molar refractivity (Wildman–Crippen MR) is 79.6 cm³/mol. The van der Waals surface area contributed by atoms with E-state index in [0.717, 1.165) is 19.4 Å². The molecule has 7 nitrogen and oxygen atoms in total. The maximum Gasteiger partial charge on any atom is 0.397 e. The van der Waals surface area contributed by atoms with Gasteiger partial charge in [0.1, 0.15) is 18.6 Å². The molecule has 0 spiro atoms. The second-order valence-electron chi connectivity index (χ2n) is 6.49. The molecule has 10 heteroatoms. The Bertz CT molecular complexity index is 607. The first-order valence-corrected chi connectivity index (χ1v) is 8.33. The van der Waals surface area contributed by atoms with E-state index in [0.29, 0.717) is 26.1 Å². The van der Waals surface area contributed by atoms with Crippen molar-refractivity contribution in [1.82, 2.24) is 20.0 Å². The van der Waals surface area contributed by atoms with E-state index in [1.165, 1.54) is 0 Å². The molecule has 1 aromatic rings. The van der Waals surface area contributed by atoms with Crippen LogP contribution in [0.5, 0.6) is 0 Å². The molecule has 140 valence electrons. The van der Waals surface area contributed by atoms with Gasteiger partial charge < -0.3 is 19.0 Å². The fraction of sp³-hybridized carbons (Fsp3) is 0.800. The second kappa shape index (κ2) is 7.28. The smallest absolute Gasteiger partial charge is 0.397 e. The van der Waals surface area contributed by atoms with Crippen molar-refractivity contribution in [1.29, 1.82) is 0 Å². The number of aromatic nitrogens is 2. The van der Waals surface area contributed by atoms with E-state index in [4.69, 9.17) is 9.15 Å². The average molecular weight is 362 g/mol. The van der Waals surface area contributed by atoms with Gasteiger partial charge in [-0.15, -0.1) is 10.2 Å². The van der Waals surface area contributed by atoms with Gasteiger partial charge in [-0.2, -0.15) is 13.2 Å². The van der Waals surface area contributed by atoms with Gasteiger partial charge in [0, 0.05) is 19.6 Å². The predicted octanol–water partition coefficient (Wildman–Crippen LogP) is 1.56. The number of halogens is 3. The van der Waals surface area contributed by atoms with Crippen LogP contribution in [-0.2, 0) is 16.0 Å². The van der Waals surface area contributed by atoms with Crippen molar-refractivity contribution in [2.75, 3.05) is 33.3 Å². The van der Waals surface area contributed by atoms with Gasteiger partial charge >= 0.3 is 6.18 Å². The summed E-state index contributed by atoms with van der Waals surface area (Å²) < 4.78 is 48.2. The van der Waals surface area contributed by atoms with Gasteiger partial charge in [-0.25, -0.2) is 0 Å². The fourth-order valence-corrected chi connectivity index (χ4v) is 3.21. The maximum atomic E-state index is 12.8. The zero-order valence-electron chi connectivity index (χ0n) is 14.0. The number of ether oxygens (including phenoxy) is 1. The van der Waals surface area contributed by atoms with Gasteiger partial charge in [-0.3, -0.25) is 4.79 Å². The van der Waals surface area contributed by atoms with Crippen LogP contribution in [0, 0.1) is 0 Å². The van der Waals surface area contributed by atoms with Crippen LogP contribution in [0.3, 0.4) is 0 Å². The Morgan fingerprint density at radius 1 is 1.28 bits per heavy atom. The summed E-state index contributed by atoms with van der Waals surface area (Å²) in [5.41, 5.74) is 0. The molecular weight excluding hydrogens is 341 g/mol. The Kier molecular flexibility index (Phi) is 5.28. The Morgan fingerprint density at radius 3 is 2.80 bits per heavy atom. The number of morpholine rings is 1. The molecular formula is C15H21F3N4O3. The van der Waals surface area contributed by atoms with Crippen LogP contribution in [0.15, 0.2) is 4.42 Å². The third kappa shape index (κ3) is 4.49. The normalized spacial score (nSPS) is 26.0. The summed E-state index contributed by atoms with van der Waals surface area (Å²) in [6.07, 6.45) is -3.99. The van der Waals surface area contributed by atoms with Crippen molar-refractivity contribution >= 4 is 5.91 Å². The van der Waals surface area contributed by atoms with Crippen molar-refractivity contribution in [3.63, 3.8) is 0 Å². The number of carbonyl (C=O) groups excluding carboxylic acids is 1. The third-order valence-electron chi connectivity index (χ3n) is 4.45. The number of nitrogens with zero attached hydrogens (tertiary/aromatic N) is 4. The molecule has 0 aromatic carbocycles. The van der Waals surface area contributed by atoms with E-state index in [2.05, 4.69) is 10.2 Å². The lowest BCUT2D eigenvalue weighted by atomic mass is 10.0. The minimum absolute atomic E-state index is 0.0662. The number of carbonyl (C=O) groups is 1. The molecule has 0 saturated carbocycles. The molecule has 0 N–H and O–H groups in total. The molecule has 1 amide bonds. The van der Waals surface area contributed by atoms with E-state index in [-0.39, 0.29) is 11.8 Å². The first-order valence-electron chi connectivity index (χ1n) is 8.33. The van der Waals surface area contributed by atoms with Crippen LogP contribution < -0.4 is 0 Å². The van der Waals surface area contributed by atoms with Gasteiger partial charge in [0.25, 0.3) is 5.91 Å². The van der Waals surface area contributed by atoms with Crippen molar-refractivity contribution < 1.29 is 27.1 Å². The molecule has 2 fully saturated rings. The fourth-order valence-electron chi connectivity index (χ4n) is 3.21. The van der Waals surface area contributed by atoms with E-state index in [9.17, 15) is 18.0 Å². The first kappa shape index (κ1) is 18.1. The van der Waals surface area contributed by atoms with Gasteiger partial charge in [-0.05, 0) is 26.3 Å². The molecule has 25 heavy (non-hydrogen) atoms. The topological polar surface area (TPSA) is 71.7 Å². The zero-order valence-corrected chi connectivity index (χ0v) is 14.0. The molecule has 3 rings (SSSR count). The Labute approximate surface area is 143 Å². The maximum absolute atomic E-state index is 12.8. The van der Waals surface area contributed by atoms with Gasteiger partial charge in [0.2, 0.25) is 11.8 Å². The SMILES string of the molecule is CN1CCO[C@H](C(=O)N2CCCC[C@H]2c2nnc(CC(F)(F)F)o2)C1. The highest BCUT2D eigenvalue weighted by atomic mass is 19.4. The van der Waals surface area contributed by atoms with Crippen molar-refractivity contribution in [3.05, 3.63) is 11.8 Å². The van der Waals surface area contributed by atoms with Crippen molar-refractivity contribution in [2.45, 2.75) is 44.0 Å². The summed E-state index contributed by atoms with van der Waals surface area (Å²) in [6, 6.07) is -0.494. The highest BCUT2D eigenvalue weighted by molar-refractivity contribution is 5.81. The molecule has 2 aliphatic heterocycles. The molecule has 0 radical (unpaired) electrons. The van der Waals surface area contributed by atoms with Crippen molar-refractivity contribution in [2.24, 2.45) is 0 Å². The lowest BCUT2D eigenvalue weighted by Crippen LogP contribution is -2.51. The highest BCUT2D eigenvalue weighted by Gasteiger charge is 2.38. The van der Waals surface area contributed by atoms with Crippen LogP contribution in [0.1, 0.15) is 37.1 Å². The zero-order chi connectivity index (χ0) is 18.0. The summed E-state index contributed by atoms with van der Waals surface area (Å²) in [4.78, 5) is 16.4. The Balaban J connectivity index is 1.73. The Hall–Kier alpha value is -1.68. The van der Waals surface area contributed by atoms with E-state index >= 15 is 0 Å². The second-order valence-corrected chi connectivity index (χ2v) is 6.49. The van der Waals surface area contributed by atoms with Crippen LogP contribution in [0.4, 0.5) is 13.2 Å². The van der Waals surface area contributed by atoms with Crippen LogP contribution >= 0.6 is 0 Å². The molecule has 0 aliphatic carbocycles. The Morgan fingerprint density at radius 2 is 2.08 bits per heavy atom. The molecule has 1 aromatic heterocycles. The van der Waals surface area contributed by atoms with Crippen LogP contribution in [-0.4, -0.2) is 71.5 Å². The number of piperidine rings is 1. The number of likely N-dealkylation sites (N-methyl/N-ethyl adjacent to an activating group) is 1. The lowest BCUT2D eigenvalue weighted by Gasteiger charge is -2.38. The number of likely N-dealkylation sites (tertiary alicyclic amines) is 1. The monoisotopic (exact) mass is 362 g/mol. The van der Waals surface area contributed by atoms with Crippen molar-refractivity contribution in [3.8, 4) is 0 Å². The minimum Gasteiger partial charge on any atom is -0.423 e. The van der Waals surface area contributed by atoms with Gasteiger partial charge in [-0.1, -0.05) is 0 Å². The average Bonchev–Trinajstić information content (AvgIpc) is 3.00. The van der Waals surface area contributed by atoms with Gasteiger partial charge in [0.05, 0.1) is 6.61 Å². The first-order chi connectivity index (χ1) is 11.8. The molecule has 2 aliphatic rings. The summed E-state index contributed by atoms with van der Waals surface area (Å²) >= 11 is 0. The standard InChI is InChI=1S/C15H21F3N4O3/c1-21-6-7-24-11(9-21)14(23)22-5-3-2-4-10(22)13-20-19-12(25-13)8-15(16,17)18/h10-11H,2-9H2,1H3/t10-,11-/m0/s1. The summed E-state index contributed by atoms with van der Waals surface area (Å²) in [5.74, 6) is -0.586. The van der Waals surface area contributed by atoms with E-state index in [1.54, 1.807) is 4.90 Å². The largest absolute Gasteiger partial charge is 0.423 e. The summed E-state index contributed by atoms with van der Waals surface area (Å²) in [6.45, 7) is 2.23. The van der Waals surface area contributed by atoms with Crippen LogP contribution in [0.25, 0.3) is 0 Å². The number of alkyl halides is 3. The molecule has 0 unspecified atom stereocenters. The summed E-state index contributed by atoms with van der Waals surface area (Å²) in [7, 11) is 1.91. The quantitative estimate of drug-likeness (QED) is 0.813. The number of amides is 1. The van der Waals surface area contributed by atoms with E-state index in [1.807, 2.05) is 11.9 Å². The molecule has 2 atom stereocenters. The van der Waals surface area contributed by atoms with Crippen LogP contribution in [0.2, 0.25) is 0 Å². The molecule has 3 heterocycles.